The minimum Gasteiger partial charge on any atom is -0.386 e. The molecular weight excluding hydrogens is 248 g/mol. The number of carbonyl (C=O) groups is 1. The fourth-order valence-electron chi connectivity index (χ4n) is 1.93. The molecule has 18 heavy (non-hydrogen) atoms. The zero-order valence-corrected chi connectivity index (χ0v) is 11.8. The summed E-state index contributed by atoms with van der Waals surface area (Å²) in [6, 6.07) is 0.958. The van der Waals surface area contributed by atoms with Gasteiger partial charge in [0, 0.05) is 13.1 Å². The minimum atomic E-state index is -0.889. The van der Waals surface area contributed by atoms with Crippen LogP contribution in [0, 0.1) is 0 Å². The van der Waals surface area contributed by atoms with Gasteiger partial charge in [-0.15, -0.1) is 0 Å². The van der Waals surface area contributed by atoms with Crippen LogP contribution in [0.25, 0.3) is 0 Å². The summed E-state index contributed by atoms with van der Waals surface area (Å²) in [6.07, 6.45) is 1.18. The van der Waals surface area contributed by atoms with Crippen molar-refractivity contribution in [2.24, 2.45) is 5.73 Å². The number of rotatable bonds is 3. The van der Waals surface area contributed by atoms with E-state index in [9.17, 15) is 9.90 Å². The Hall–Kier alpha value is -0.910. The molecule has 1 fully saturated rings. The number of carbonyl (C=O) groups excluding carboxylic acids is 1. The highest BCUT2D eigenvalue weighted by molar-refractivity contribution is 7.07. The molecule has 2 rings (SSSR count). The van der Waals surface area contributed by atoms with Gasteiger partial charge in [0.25, 0.3) is 0 Å². The topological polar surface area (TPSA) is 66.6 Å². The molecular formula is C13H22N2O2S. The molecule has 4 nitrogen and oxygen atoms in total. The molecule has 1 amide bonds. The quantitative estimate of drug-likeness (QED) is 0.879. The molecule has 1 aromatic heterocycles. The lowest BCUT2D eigenvalue weighted by Gasteiger charge is -2.23. The predicted molar refractivity (Wildman–Crippen MR) is 74.4 cm³/mol. The molecule has 1 aliphatic rings. The molecule has 2 unspecified atom stereocenters. The lowest BCUT2D eigenvalue weighted by Crippen LogP contribution is -2.45. The van der Waals surface area contributed by atoms with E-state index in [1.165, 1.54) is 11.3 Å². The van der Waals surface area contributed by atoms with Crippen molar-refractivity contribution in [2.45, 2.75) is 38.8 Å². The van der Waals surface area contributed by atoms with E-state index in [2.05, 4.69) is 0 Å². The van der Waals surface area contributed by atoms with E-state index in [-0.39, 0.29) is 5.91 Å². The van der Waals surface area contributed by atoms with Gasteiger partial charge in [-0.2, -0.15) is 11.3 Å². The van der Waals surface area contributed by atoms with E-state index in [1.54, 1.807) is 11.0 Å². The minimum absolute atomic E-state index is 0.142. The average molecular weight is 270 g/mol. The molecule has 0 aliphatic carbocycles. The van der Waals surface area contributed by atoms with Gasteiger partial charge in [0.15, 0.2) is 0 Å². The molecule has 0 spiro atoms. The van der Waals surface area contributed by atoms with E-state index in [0.717, 1.165) is 31.5 Å². The van der Waals surface area contributed by atoms with Crippen LogP contribution in [0.5, 0.6) is 0 Å². The van der Waals surface area contributed by atoms with Crippen LogP contribution in [0.2, 0.25) is 0 Å². The highest BCUT2D eigenvalue weighted by atomic mass is 32.1. The lowest BCUT2D eigenvalue weighted by atomic mass is 10.1. The van der Waals surface area contributed by atoms with Gasteiger partial charge in [0.1, 0.15) is 12.1 Å². The number of aliphatic hydroxyl groups is 1. The van der Waals surface area contributed by atoms with Crippen molar-refractivity contribution in [1.29, 1.82) is 0 Å². The first-order valence-corrected chi connectivity index (χ1v) is 7.39. The number of aliphatic hydroxyl groups excluding tert-OH is 1. The molecule has 0 radical (unpaired) electrons. The fourth-order valence-corrected chi connectivity index (χ4v) is 2.62. The highest BCUT2D eigenvalue weighted by Crippen LogP contribution is 2.20. The highest BCUT2D eigenvalue weighted by Gasteiger charge is 2.29. The fraction of sp³-hybridized carbons (Fsp3) is 0.615. The van der Waals surface area contributed by atoms with Gasteiger partial charge in [0.2, 0.25) is 5.91 Å². The molecule has 1 aromatic rings. The first-order valence-electron chi connectivity index (χ1n) is 6.44. The molecule has 102 valence electrons. The Labute approximate surface area is 112 Å². The summed E-state index contributed by atoms with van der Waals surface area (Å²) >= 11 is 1.49. The Morgan fingerprint density at radius 2 is 2.06 bits per heavy atom. The van der Waals surface area contributed by atoms with E-state index < -0.39 is 12.1 Å². The maximum Gasteiger partial charge on any atom is 0.242 e. The summed E-state index contributed by atoms with van der Waals surface area (Å²) in [6.45, 7) is 5.53. The molecule has 0 bridgehead atoms. The van der Waals surface area contributed by atoms with Gasteiger partial charge < -0.3 is 15.7 Å². The molecule has 0 saturated carbocycles. The van der Waals surface area contributed by atoms with Crippen molar-refractivity contribution in [3.8, 4) is 0 Å². The van der Waals surface area contributed by atoms with Crippen molar-refractivity contribution in [2.75, 3.05) is 13.1 Å². The van der Waals surface area contributed by atoms with Crippen molar-refractivity contribution < 1.29 is 9.90 Å². The van der Waals surface area contributed by atoms with Crippen molar-refractivity contribution in [1.82, 2.24) is 4.90 Å². The number of likely N-dealkylation sites (tertiary alicyclic amines) is 1. The number of hydrogen-bond acceptors (Lipinski definition) is 4. The first kappa shape index (κ1) is 15.1. The predicted octanol–water partition coefficient (Wildman–Crippen LogP) is 1.76. The van der Waals surface area contributed by atoms with Gasteiger partial charge in [-0.1, -0.05) is 13.8 Å². The second-order valence-electron chi connectivity index (χ2n) is 4.06. The molecule has 1 aliphatic heterocycles. The van der Waals surface area contributed by atoms with Crippen molar-refractivity contribution >= 4 is 17.2 Å². The number of nitrogens with two attached hydrogens (primary N) is 1. The van der Waals surface area contributed by atoms with Crippen LogP contribution in [0.1, 0.15) is 38.4 Å². The number of thiophene rings is 1. The maximum atomic E-state index is 11.9. The van der Waals surface area contributed by atoms with Crippen LogP contribution >= 0.6 is 11.3 Å². The summed E-state index contributed by atoms with van der Waals surface area (Å²) in [7, 11) is 0. The normalized spacial score (nSPS) is 17.9. The van der Waals surface area contributed by atoms with Gasteiger partial charge in [-0.25, -0.2) is 0 Å². The van der Waals surface area contributed by atoms with Gasteiger partial charge in [-0.3, -0.25) is 4.79 Å². The third-order valence-corrected chi connectivity index (χ3v) is 3.63. The summed E-state index contributed by atoms with van der Waals surface area (Å²) in [5.41, 5.74) is 6.52. The van der Waals surface area contributed by atoms with Crippen molar-refractivity contribution in [3.63, 3.8) is 0 Å². The summed E-state index contributed by atoms with van der Waals surface area (Å²) in [4.78, 5) is 13.7. The van der Waals surface area contributed by atoms with Crippen LogP contribution in [0.3, 0.4) is 0 Å². The molecule has 5 heteroatoms. The summed E-state index contributed by atoms with van der Waals surface area (Å²) in [5, 5.41) is 13.6. The van der Waals surface area contributed by atoms with Crippen LogP contribution in [0.4, 0.5) is 0 Å². The van der Waals surface area contributed by atoms with E-state index in [4.69, 9.17) is 5.73 Å². The summed E-state index contributed by atoms with van der Waals surface area (Å²) < 4.78 is 0. The molecule has 3 N–H and O–H groups in total. The lowest BCUT2D eigenvalue weighted by molar-refractivity contribution is -0.134. The monoisotopic (exact) mass is 270 g/mol. The first-order chi connectivity index (χ1) is 8.70. The number of amides is 1. The van der Waals surface area contributed by atoms with Crippen LogP contribution in [0.15, 0.2) is 16.8 Å². The van der Waals surface area contributed by atoms with E-state index in [1.807, 2.05) is 24.6 Å². The van der Waals surface area contributed by atoms with Crippen LogP contribution in [-0.4, -0.2) is 35.0 Å². The smallest absolute Gasteiger partial charge is 0.242 e. The molecule has 0 aromatic carbocycles. The van der Waals surface area contributed by atoms with Crippen LogP contribution < -0.4 is 5.73 Å². The SMILES string of the molecule is CC.NC(C(=O)N1CCCC1)C(O)c1ccsc1. The molecule has 1 saturated heterocycles. The van der Waals surface area contributed by atoms with Crippen molar-refractivity contribution in [3.05, 3.63) is 22.4 Å². The second-order valence-corrected chi connectivity index (χ2v) is 4.84. The van der Waals surface area contributed by atoms with Gasteiger partial charge in [-0.05, 0) is 35.2 Å². The third kappa shape index (κ3) is 3.54. The second kappa shape index (κ2) is 7.51. The number of hydrogen-bond donors (Lipinski definition) is 2. The number of nitrogens with zero attached hydrogens (tertiary/aromatic N) is 1. The Balaban J connectivity index is 0.000000771. The van der Waals surface area contributed by atoms with Gasteiger partial charge in [0.05, 0.1) is 0 Å². The average Bonchev–Trinajstić information content (AvgIpc) is 3.10. The summed E-state index contributed by atoms with van der Waals surface area (Å²) in [5.74, 6) is -0.142. The molecule has 2 heterocycles. The maximum absolute atomic E-state index is 11.9. The standard InChI is InChI=1S/C11H16N2O2S.C2H6/c12-9(10(14)8-3-6-16-7-8)11(15)13-4-1-2-5-13;1-2/h3,6-7,9-10,14H,1-2,4-5,12H2;1-2H3. The Morgan fingerprint density at radius 1 is 1.44 bits per heavy atom. The van der Waals surface area contributed by atoms with E-state index in [0.29, 0.717) is 0 Å². The van der Waals surface area contributed by atoms with E-state index >= 15 is 0 Å². The van der Waals surface area contributed by atoms with Crippen LogP contribution in [-0.2, 0) is 4.79 Å². The largest absolute Gasteiger partial charge is 0.386 e. The Morgan fingerprint density at radius 3 is 2.56 bits per heavy atom. The third-order valence-electron chi connectivity index (χ3n) is 2.93. The Bertz CT molecular complexity index is 348. The van der Waals surface area contributed by atoms with Gasteiger partial charge >= 0.3 is 0 Å². The Kier molecular flexibility index (Phi) is 6.32. The zero-order valence-electron chi connectivity index (χ0n) is 11.0. The zero-order chi connectivity index (χ0) is 13.5. The molecule has 2 atom stereocenters.